The van der Waals surface area contributed by atoms with Gasteiger partial charge in [0.1, 0.15) is 0 Å². The van der Waals surface area contributed by atoms with Crippen molar-refractivity contribution in [2.24, 2.45) is 0 Å². The number of aromatic nitrogens is 2. The summed E-state index contributed by atoms with van der Waals surface area (Å²) in [6.07, 6.45) is 0.426. The summed E-state index contributed by atoms with van der Waals surface area (Å²) in [5.74, 6) is 0.324. The van der Waals surface area contributed by atoms with Crippen molar-refractivity contribution in [3.05, 3.63) is 41.4 Å². The van der Waals surface area contributed by atoms with E-state index in [9.17, 15) is 4.79 Å². The molecule has 0 saturated carbocycles. The quantitative estimate of drug-likeness (QED) is 0.454. The van der Waals surface area contributed by atoms with Crippen LogP contribution in [0.25, 0.3) is 22.2 Å². The summed E-state index contributed by atoms with van der Waals surface area (Å²) in [5.41, 5.74) is 7.91. The van der Waals surface area contributed by atoms with Crippen molar-refractivity contribution in [1.82, 2.24) is 9.97 Å². The molecule has 2 aromatic carbocycles. The molecular weight excluding hydrogens is 393 g/mol. The standard InChI is InChI=1S/C19H18ClN3O4.Na.H/c1-26-15-7-4-11(9-16(15)27-8-2-3-17(24)25)18-13-10-12(20)5-6-14(13)22-19(21)23-18;;/h4-7,9-10H,2-3,8H2,1H3,(H,24,25)(H2,21,22,23);;. The molecule has 1 heterocycles. The molecule has 7 nitrogen and oxygen atoms in total. The molecule has 3 N–H and O–H groups in total. The van der Waals surface area contributed by atoms with Crippen molar-refractivity contribution < 1.29 is 19.4 Å². The SMILES string of the molecule is COc1ccc(-c2nc(N)nc3ccc(Cl)cc23)cc1OCCCC(=O)O.[NaH]. The van der Waals surface area contributed by atoms with E-state index in [-0.39, 0.29) is 48.5 Å². The predicted octanol–water partition coefficient (Wildman–Crippen LogP) is 3.14. The second-order valence-electron chi connectivity index (χ2n) is 5.80. The van der Waals surface area contributed by atoms with Crippen molar-refractivity contribution in [2.45, 2.75) is 12.8 Å². The van der Waals surface area contributed by atoms with Crippen LogP contribution >= 0.6 is 11.6 Å². The summed E-state index contributed by atoms with van der Waals surface area (Å²) >= 11 is 6.13. The van der Waals surface area contributed by atoms with Crippen molar-refractivity contribution >= 4 is 64.0 Å². The Hall–Kier alpha value is -2.06. The van der Waals surface area contributed by atoms with Gasteiger partial charge in [-0.25, -0.2) is 9.97 Å². The summed E-state index contributed by atoms with van der Waals surface area (Å²) in [7, 11) is 1.54. The molecule has 3 aromatic rings. The monoisotopic (exact) mass is 411 g/mol. The third-order valence-electron chi connectivity index (χ3n) is 3.90. The van der Waals surface area contributed by atoms with Gasteiger partial charge in [-0.15, -0.1) is 0 Å². The Kier molecular flexibility index (Phi) is 7.88. The minimum absolute atomic E-state index is 0. The third kappa shape index (κ3) is 5.26. The molecule has 142 valence electrons. The van der Waals surface area contributed by atoms with Gasteiger partial charge in [0.15, 0.2) is 11.5 Å². The number of carboxylic acids is 1. The Morgan fingerprint density at radius 3 is 2.68 bits per heavy atom. The molecule has 0 aliphatic carbocycles. The zero-order valence-corrected chi connectivity index (χ0v) is 15.4. The van der Waals surface area contributed by atoms with Gasteiger partial charge >= 0.3 is 35.5 Å². The Labute approximate surface area is 189 Å². The fraction of sp³-hybridized carbons (Fsp3) is 0.211. The minimum atomic E-state index is -0.862. The van der Waals surface area contributed by atoms with Gasteiger partial charge in [0.25, 0.3) is 0 Å². The number of anilines is 1. The number of aliphatic carboxylic acids is 1. The summed E-state index contributed by atoms with van der Waals surface area (Å²) < 4.78 is 11.0. The van der Waals surface area contributed by atoms with Crippen LogP contribution in [0, 0.1) is 0 Å². The first kappa shape index (κ1) is 22.2. The molecule has 3 rings (SSSR count). The van der Waals surface area contributed by atoms with Crippen molar-refractivity contribution in [2.75, 3.05) is 19.5 Å². The Bertz CT molecular complexity index is 1000. The van der Waals surface area contributed by atoms with E-state index in [1.807, 2.05) is 6.07 Å². The molecule has 0 aliphatic heterocycles. The average molecular weight is 412 g/mol. The molecule has 1 aromatic heterocycles. The van der Waals surface area contributed by atoms with E-state index in [0.717, 1.165) is 10.9 Å². The number of ether oxygens (including phenoxy) is 2. The van der Waals surface area contributed by atoms with Crippen molar-refractivity contribution in [1.29, 1.82) is 0 Å². The fourth-order valence-electron chi connectivity index (χ4n) is 2.68. The van der Waals surface area contributed by atoms with E-state index >= 15 is 0 Å². The number of hydrogen-bond acceptors (Lipinski definition) is 6. The molecule has 0 unspecified atom stereocenters. The van der Waals surface area contributed by atoms with E-state index < -0.39 is 5.97 Å². The number of nitrogen functional groups attached to an aromatic ring is 1. The van der Waals surface area contributed by atoms with Gasteiger partial charge in [-0.05, 0) is 42.8 Å². The van der Waals surface area contributed by atoms with Gasteiger partial charge in [0, 0.05) is 22.4 Å². The average Bonchev–Trinajstić information content (AvgIpc) is 2.64. The van der Waals surface area contributed by atoms with Gasteiger partial charge in [-0.2, -0.15) is 0 Å². The van der Waals surface area contributed by atoms with Crippen LogP contribution < -0.4 is 15.2 Å². The normalized spacial score (nSPS) is 10.4. The van der Waals surface area contributed by atoms with Crippen LogP contribution in [-0.4, -0.2) is 64.3 Å². The van der Waals surface area contributed by atoms with Gasteiger partial charge in [-0.3, -0.25) is 4.79 Å². The van der Waals surface area contributed by atoms with Crippen LogP contribution in [0.5, 0.6) is 11.5 Å². The Balaban J connectivity index is 0.00000280. The Morgan fingerprint density at radius 1 is 1.18 bits per heavy atom. The van der Waals surface area contributed by atoms with E-state index in [1.54, 1.807) is 30.3 Å². The number of fused-ring (bicyclic) bond motifs is 1. The zero-order valence-electron chi connectivity index (χ0n) is 14.6. The number of rotatable bonds is 7. The van der Waals surface area contributed by atoms with Crippen molar-refractivity contribution in [3.8, 4) is 22.8 Å². The van der Waals surface area contributed by atoms with Crippen LogP contribution in [0.3, 0.4) is 0 Å². The fourth-order valence-corrected chi connectivity index (χ4v) is 2.85. The zero-order chi connectivity index (χ0) is 19.4. The molecule has 9 heteroatoms. The predicted molar refractivity (Wildman–Crippen MR) is 110 cm³/mol. The van der Waals surface area contributed by atoms with Crippen LogP contribution in [0.2, 0.25) is 5.02 Å². The number of hydrogen-bond donors (Lipinski definition) is 2. The molecule has 0 fully saturated rings. The van der Waals surface area contributed by atoms with Gasteiger partial charge < -0.3 is 20.3 Å². The molecule has 0 aliphatic rings. The summed E-state index contributed by atoms with van der Waals surface area (Å²) in [5, 5.41) is 10.1. The van der Waals surface area contributed by atoms with Crippen LogP contribution in [-0.2, 0) is 4.79 Å². The van der Waals surface area contributed by atoms with Gasteiger partial charge in [0.05, 0.1) is 24.9 Å². The first-order valence-electron chi connectivity index (χ1n) is 8.23. The topological polar surface area (TPSA) is 108 Å². The molecule has 0 radical (unpaired) electrons. The number of halogens is 1. The maximum absolute atomic E-state index is 10.6. The number of nitrogens with two attached hydrogens (primary N) is 1. The van der Waals surface area contributed by atoms with E-state index in [1.165, 1.54) is 7.11 Å². The molecule has 0 bridgehead atoms. The van der Waals surface area contributed by atoms with Crippen LogP contribution in [0.4, 0.5) is 5.95 Å². The molecule has 0 spiro atoms. The molecule has 0 saturated heterocycles. The van der Waals surface area contributed by atoms with Crippen molar-refractivity contribution in [3.63, 3.8) is 0 Å². The second-order valence-corrected chi connectivity index (χ2v) is 6.24. The number of nitrogens with zero attached hydrogens (tertiary/aromatic N) is 2. The molecule has 0 amide bonds. The van der Waals surface area contributed by atoms with Crippen LogP contribution in [0.1, 0.15) is 12.8 Å². The molecular formula is C19H19ClN3NaO4. The number of carbonyl (C=O) groups is 1. The third-order valence-corrected chi connectivity index (χ3v) is 4.14. The second kappa shape index (κ2) is 9.93. The molecule has 28 heavy (non-hydrogen) atoms. The first-order chi connectivity index (χ1) is 13.0. The van der Waals surface area contributed by atoms with E-state index in [0.29, 0.717) is 34.2 Å². The number of carboxylic acid groups (broad SMARTS) is 1. The maximum atomic E-state index is 10.6. The summed E-state index contributed by atoms with van der Waals surface area (Å²) in [4.78, 5) is 19.2. The van der Waals surface area contributed by atoms with Gasteiger partial charge in [-0.1, -0.05) is 11.6 Å². The van der Waals surface area contributed by atoms with Crippen LogP contribution in [0.15, 0.2) is 36.4 Å². The summed E-state index contributed by atoms with van der Waals surface area (Å²) in [6, 6.07) is 10.7. The summed E-state index contributed by atoms with van der Waals surface area (Å²) in [6.45, 7) is 0.255. The molecule has 0 atom stereocenters. The van der Waals surface area contributed by atoms with E-state index in [2.05, 4.69) is 9.97 Å². The first-order valence-corrected chi connectivity index (χ1v) is 8.61. The van der Waals surface area contributed by atoms with Gasteiger partial charge in [0.2, 0.25) is 5.95 Å². The number of benzene rings is 2. The Morgan fingerprint density at radius 2 is 1.96 bits per heavy atom. The number of methoxy groups -OCH3 is 1. The van der Waals surface area contributed by atoms with E-state index in [4.69, 9.17) is 31.9 Å².